The van der Waals surface area contributed by atoms with E-state index in [0.717, 1.165) is 11.1 Å². The first-order valence-corrected chi connectivity index (χ1v) is 10.1. The van der Waals surface area contributed by atoms with Crippen molar-refractivity contribution in [2.45, 2.75) is 26.7 Å². The molecule has 3 N–H and O–H groups in total. The maximum absolute atomic E-state index is 12.9. The summed E-state index contributed by atoms with van der Waals surface area (Å²) in [5.74, 6) is -1.85. The maximum atomic E-state index is 12.9. The highest BCUT2D eigenvalue weighted by atomic mass is 35.5. The van der Waals surface area contributed by atoms with E-state index in [0.29, 0.717) is 24.9 Å². The van der Waals surface area contributed by atoms with Crippen LogP contribution in [0, 0.1) is 19.8 Å². The van der Waals surface area contributed by atoms with Gasteiger partial charge in [-0.05, 0) is 57.0 Å². The Hall–Kier alpha value is -3.06. The lowest BCUT2D eigenvalue weighted by Crippen LogP contribution is -2.50. The molecule has 1 saturated heterocycles. The second kappa shape index (κ2) is 9.17. The summed E-state index contributed by atoms with van der Waals surface area (Å²) in [6, 6.07) is 9.76. The smallest absolute Gasteiger partial charge is 0.273 e. The molecule has 3 rings (SSSR count). The Morgan fingerprint density at radius 3 is 2.47 bits per heavy atom. The van der Waals surface area contributed by atoms with Crippen molar-refractivity contribution >= 4 is 29.3 Å². The second-order valence-electron chi connectivity index (χ2n) is 7.57. The number of likely N-dealkylation sites (tertiary alicyclic amines) is 1. The average molecular weight is 430 g/mol. The summed E-state index contributed by atoms with van der Waals surface area (Å²) >= 11 is 5.85. The summed E-state index contributed by atoms with van der Waals surface area (Å²) < 4.78 is 0. The summed E-state index contributed by atoms with van der Waals surface area (Å²) in [7, 11) is 0. The highest BCUT2D eigenvalue weighted by molar-refractivity contribution is 6.31. The van der Waals surface area contributed by atoms with Gasteiger partial charge in [0.05, 0.1) is 11.5 Å². The number of nitrogens with one attached hydrogen (secondary N) is 2. The maximum Gasteiger partial charge on any atom is 0.273 e. The molecule has 2 aromatic carbocycles. The molecule has 1 aliphatic heterocycles. The van der Waals surface area contributed by atoms with Crippen LogP contribution >= 0.6 is 11.6 Å². The summed E-state index contributed by atoms with van der Waals surface area (Å²) in [5.41, 5.74) is 7.27. The van der Waals surface area contributed by atoms with E-state index < -0.39 is 11.8 Å². The zero-order chi connectivity index (χ0) is 21.8. The minimum Gasteiger partial charge on any atom is -0.507 e. The molecule has 1 heterocycles. The van der Waals surface area contributed by atoms with Gasteiger partial charge in [-0.25, -0.2) is 0 Å². The number of benzene rings is 2. The fraction of sp³-hybridized carbons (Fsp3) is 0.318. The molecular formula is C22H24ClN3O4. The van der Waals surface area contributed by atoms with E-state index in [1.165, 1.54) is 18.2 Å². The topological polar surface area (TPSA) is 98.7 Å². The molecule has 3 amide bonds. The number of rotatable bonds is 3. The van der Waals surface area contributed by atoms with Gasteiger partial charge in [-0.3, -0.25) is 25.2 Å². The zero-order valence-corrected chi connectivity index (χ0v) is 17.6. The predicted molar refractivity (Wildman–Crippen MR) is 113 cm³/mol. The van der Waals surface area contributed by atoms with Crippen molar-refractivity contribution < 1.29 is 19.5 Å². The Morgan fingerprint density at radius 2 is 1.77 bits per heavy atom. The molecule has 158 valence electrons. The van der Waals surface area contributed by atoms with Crippen molar-refractivity contribution in [3.05, 3.63) is 63.7 Å². The van der Waals surface area contributed by atoms with Crippen LogP contribution in [0.5, 0.6) is 5.75 Å². The number of hydrogen-bond donors (Lipinski definition) is 3. The van der Waals surface area contributed by atoms with E-state index in [-0.39, 0.29) is 34.7 Å². The third kappa shape index (κ3) is 5.10. The molecule has 2 aromatic rings. The summed E-state index contributed by atoms with van der Waals surface area (Å²) in [4.78, 5) is 39.3. The number of carbonyl (C=O) groups is 3. The molecular weight excluding hydrogens is 406 g/mol. The van der Waals surface area contributed by atoms with Crippen molar-refractivity contribution in [2.75, 3.05) is 13.1 Å². The summed E-state index contributed by atoms with van der Waals surface area (Å²) in [6.45, 7) is 4.74. The zero-order valence-electron chi connectivity index (χ0n) is 16.9. The van der Waals surface area contributed by atoms with E-state index in [1.54, 1.807) is 4.90 Å². The van der Waals surface area contributed by atoms with Gasteiger partial charge < -0.3 is 10.0 Å². The SMILES string of the molecule is Cc1cc(C)cc(C(=O)N2CCCC(C(=O)NNC(=O)c3cc(Cl)ccc3O)C2)c1. The van der Waals surface area contributed by atoms with Gasteiger partial charge in [-0.1, -0.05) is 28.8 Å². The minimum atomic E-state index is -0.678. The van der Waals surface area contributed by atoms with Crippen LogP contribution in [0.4, 0.5) is 0 Å². The molecule has 30 heavy (non-hydrogen) atoms. The summed E-state index contributed by atoms with van der Waals surface area (Å²) in [5, 5.41) is 10.1. The third-order valence-corrected chi connectivity index (χ3v) is 5.29. The minimum absolute atomic E-state index is 0.0435. The molecule has 7 nitrogen and oxygen atoms in total. The lowest BCUT2D eigenvalue weighted by molar-refractivity contribution is -0.127. The van der Waals surface area contributed by atoms with E-state index >= 15 is 0 Å². The Balaban J connectivity index is 1.60. The molecule has 1 aliphatic rings. The van der Waals surface area contributed by atoms with Crippen LogP contribution in [0.2, 0.25) is 5.02 Å². The Bertz CT molecular complexity index is 972. The molecule has 1 fully saturated rings. The van der Waals surface area contributed by atoms with Crippen LogP contribution in [-0.2, 0) is 4.79 Å². The number of piperidine rings is 1. The van der Waals surface area contributed by atoms with Gasteiger partial charge in [0.1, 0.15) is 5.75 Å². The lowest BCUT2D eigenvalue weighted by atomic mass is 9.96. The number of hydrogen-bond acceptors (Lipinski definition) is 4. The van der Waals surface area contributed by atoms with Crippen LogP contribution in [0.1, 0.15) is 44.7 Å². The number of aromatic hydroxyl groups is 1. The second-order valence-corrected chi connectivity index (χ2v) is 8.01. The first kappa shape index (κ1) is 21.6. The number of phenols is 1. The lowest BCUT2D eigenvalue weighted by Gasteiger charge is -2.32. The van der Waals surface area contributed by atoms with Crippen molar-refractivity contribution in [1.29, 1.82) is 0 Å². The van der Waals surface area contributed by atoms with Crippen molar-refractivity contribution in [2.24, 2.45) is 5.92 Å². The van der Waals surface area contributed by atoms with Gasteiger partial charge in [-0.15, -0.1) is 0 Å². The van der Waals surface area contributed by atoms with Crippen LogP contribution in [0.25, 0.3) is 0 Å². The molecule has 0 bridgehead atoms. The van der Waals surface area contributed by atoms with Crippen molar-refractivity contribution in [3.8, 4) is 5.75 Å². The normalized spacial score (nSPS) is 16.1. The van der Waals surface area contributed by atoms with Gasteiger partial charge in [0.2, 0.25) is 5.91 Å². The van der Waals surface area contributed by atoms with Gasteiger partial charge in [0.15, 0.2) is 0 Å². The van der Waals surface area contributed by atoms with Crippen molar-refractivity contribution in [1.82, 2.24) is 15.8 Å². The highest BCUT2D eigenvalue weighted by Crippen LogP contribution is 2.22. The van der Waals surface area contributed by atoms with Crippen LogP contribution in [0.3, 0.4) is 0 Å². The molecule has 0 saturated carbocycles. The number of carbonyl (C=O) groups excluding carboxylic acids is 3. The van der Waals surface area contributed by atoms with Gasteiger partial charge >= 0.3 is 0 Å². The molecule has 1 atom stereocenters. The van der Waals surface area contributed by atoms with Gasteiger partial charge in [0.25, 0.3) is 11.8 Å². The fourth-order valence-corrected chi connectivity index (χ4v) is 3.81. The Morgan fingerprint density at radius 1 is 1.07 bits per heavy atom. The highest BCUT2D eigenvalue weighted by Gasteiger charge is 2.29. The van der Waals surface area contributed by atoms with Gasteiger partial charge in [-0.2, -0.15) is 0 Å². The van der Waals surface area contributed by atoms with Crippen LogP contribution in [-0.4, -0.2) is 40.8 Å². The molecule has 0 aliphatic carbocycles. The first-order chi connectivity index (χ1) is 14.2. The third-order valence-electron chi connectivity index (χ3n) is 5.05. The fourth-order valence-electron chi connectivity index (χ4n) is 3.63. The Labute approximate surface area is 180 Å². The molecule has 1 unspecified atom stereocenters. The van der Waals surface area contributed by atoms with Crippen LogP contribution < -0.4 is 10.9 Å². The van der Waals surface area contributed by atoms with Crippen LogP contribution in [0.15, 0.2) is 36.4 Å². The number of phenolic OH excluding ortho intramolecular Hbond substituents is 1. The number of amides is 3. The predicted octanol–water partition coefficient (Wildman–Crippen LogP) is 2.98. The number of nitrogens with zero attached hydrogens (tertiary/aromatic N) is 1. The van der Waals surface area contributed by atoms with E-state index in [9.17, 15) is 19.5 Å². The van der Waals surface area contributed by atoms with E-state index in [1.807, 2.05) is 32.0 Å². The summed E-state index contributed by atoms with van der Waals surface area (Å²) in [6.07, 6.45) is 1.30. The number of aryl methyl sites for hydroxylation is 2. The quantitative estimate of drug-likeness (QED) is 0.653. The molecule has 8 heteroatoms. The number of halogens is 1. The average Bonchev–Trinajstić information content (AvgIpc) is 2.72. The standard InChI is InChI=1S/C22H24ClN3O4/c1-13-8-14(2)10-16(9-13)22(30)26-7-3-4-15(12-26)20(28)24-25-21(29)18-11-17(23)5-6-19(18)27/h5-6,8-11,15,27H,3-4,7,12H2,1-2H3,(H,24,28)(H,25,29). The van der Waals surface area contributed by atoms with Gasteiger partial charge in [0, 0.05) is 23.7 Å². The molecule has 0 radical (unpaired) electrons. The van der Waals surface area contributed by atoms with Crippen molar-refractivity contribution in [3.63, 3.8) is 0 Å². The molecule has 0 aromatic heterocycles. The van der Waals surface area contributed by atoms with E-state index in [4.69, 9.17) is 11.6 Å². The first-order valence-electron chi connectivity index (χ1n) is 9.71. The number of hydrazine groups is 1. The monoisotopic (exact) mass is 429 g/mol. The Kier molecular flexibility index (Phi) is 6.62. The largest absolute Gasteiger partial charge is 0.507 e. The molecule has 0 spiro atoms. The van der Waals surface area contributed by atoms with E-state index in [2.05, 4.69) is 10.9 Å².